The van der Waals surface area contributed by atoms with Crippen molar-refractivity contribution in [3.63, 3.8) is 0 Å². The summed E-state index contributed by atoms with van der Waals surface area (Å²) >= 11 is 0. The van der Waals surface area contributed by atoms with Crippen LogP contribution in [-0.4, -0.2) is 38.9 Å². The minimum atomic E-state index is -3.37. The van der Waals surface area contributed by atoms with Gasteiger partial charge in [-0.3, -0.25) is 0 Å². The number of halogens is 1. The summed E-state index contributed by atoms with van der Waals surface area (Å²) in [5, 5.41) is 3.26. The van der Waals surface area contributed by atoms with Crippen LogP contribution >= 0.6 is 12.4 Å². The Bertz CT molecular complexity index is 528. The third-order valence-electron chi connectivity index (χ3n) is 3.81. The standard InChI is InChI=1S/C14H22N2O2S.ClH/c1-3-12-5-4-6-14(11-12)19(17,18)16(2)13-7-9-15-10-8-13;/h4-6,11,13,15H,3,7-10H2,1-2H3;1H. The largest absolute Gasteiger partial charge is 0.317 e. The van der Waals surface area contributed by atoms with Crippen LogP contribution in [0.3, 0.4) is 0 Å². The molecule has 1 fully saturated rings. The Kier molecular flexibility index (Phi) is 6.45. The highest BCUT2D eigenvalue weighted by Gasteiger charge is 2.28. The fourth-order valence-corrected chi connectivity index (χ4v) is 3.95. The maximum Gasteiger partial charge on any atom is 0.243 e. The normalized spacial score (nSPS) is 16.9. The van der Waals surface area contributed by atoms with Gasteiger partial charge in [0.15, 0.2) is 0 Å². The van der Waals surface area contributed by atoms with E-state index in [-0.39, 0.29) is 18.4 Å². The lowest BCUT2D eigenvalue weighted by atomic mass is 10.1. The molecule has 0 bridgehead atoms. The van der Waals surface area contributed by atoms with Crippen LogP contribution in [-0.2, 0) is 16.4 Å². The Morgan fingerprint density at radius 3 is 2.55 bits per heavy atom. The molecule has 6 heteroatoms. The number of aryl methyl sites for hydroxylation is 1. The molecule has 1 saturated heterocycles. The first-order valence-electron chi connectivity index (χ1n) is 6.83. The van der Waals surface area contributed by atoms with Gasteiger partial charge in [-0.2, -0.15) is 4.31 Å². The first-order chi connectivity index (χ1) is 9.05. The maximum atomic E-state index is 12.6. The van der Waals surface area contributed by atoms with E-state index in [4.69, 9.17) is 0 Å². The van der Waals surface area contributed by atoms with Gasteiger partial charge in [0.1, 0.15) is 0 Å². The number of sulfonamides is 1. The smallest absolute Gasteiger partial charge is 0.243 e. The second-order valence-electron chi connectivity index (χ2n) is 5.00. The highest BCUT2D eigenvalue weighted by atomic mass is 35.5. The van der Waals surface area contributed by atoms with Gasteiger partial charge in [-0.1, -0.05) is 19.1 Å². The molecule has 0 radical (unpaired) electrons. The molecule has 0 amide bonds. The molecule has 0 spiro atoms. The van der Waals surface area contributed by atoms with Crippen LogP contribution in [0.5, 0.6) is 0 Å². The molecule has 0 unspecified atom stereocenters. The van der Waals surface area contributed by atoms with E-state index in [1.807, 2.05) is 19.1 Å². The molecule has 0 aromatic heterocycles. The van der Waals surface area contributed by atoms with Crippen molar-refractivity contribution in [3.8, 4) is 0 Å². The summed E-state index contributed by atoms with van der Waals surface area (Å²) in [4.78, 5) is 0.410. The SMILES string of the molecule is CCc1cccc(S(=O)(=O)N(C)C2CCNCC2)c1.Cl. The molecule has 1 aliphatic heterocycles. The second-order valence-corrected chi connectivity index (χ2v) is 7.00. The third kappa shape index (κ3) is 3.73. The van der Waals surface area contributed by atoms with Crippen LogP contribution in [0.15, 0.2) is 29.2 Å². The molecule has 0 atom stereocenters. The summed E-state index contributed by atoms with van der Waals surface area (Å²) in [5.41, 5.74) is 1.06. The van der Waals surface area contributed by atoms with Crippen molar-refractivity contribution in [1.29, 1.82) is 0 Å². The third-order valence-corrected chi connectivity index (χ3v) is 5.71. The number of hydrogen-bond donors (Lipinski definition) is 1. The first-order valence-corrected chi connectivity index (χ1v) is 8.27. The van der Waals surface area contributed by atoms with Gasteiger partial charge in [-0.25, -0.2) is 8.42 Å². The Labute approximate surface area is 128 Å². The number of hydrogen-bond acceptors (Lipinski definition) is 3. The molecular formula is C14H23ClN2O2S. The van der Waals surface area contributed by atoms with Crippen LogP contribution < -0.4 is 5.32 Å². The topological polar surface area (TPSA) is 49.4 Å². The molecule has 0 saturated carbocycles. The molecule has 1 aromatic rings. The van der Waals surface area contributed by atoms with Gasteiger partial charge in [0.25, 0.3) is 0 Å². The highest BCUT2D eigenvalue weighted by molar-refractivity contribution is 7.89. The van der Waals surface area contributed by atoms with Crippen molar-refractivity contribution in [1.82, 2.24) is 9.62 Å². The van der Waals surface area contributed by atoms with Crippen LogP contribution in [0.1, 0.15) is 25.3 Å². The van der Waals surface area contributed by atoms with Crippen LogP contribution in [0.25, 0.3) is 0 Å². The fraction of sp³-hybridized carbons (Fsp3) is 0.571. The molecule has 20 heavy (non-hydrogen) atoms. The Morgan fingerprint density at radius 1 is 1.30 bits per heavy atom. The predicted octanol–water partition coefficient (Wildman–Crippen LogP) is 2.04. The number of piperidine rings is 1. The number of rotatable bonds is 4. The van der Waals surface area contributed by atoms with E-state index in [1.54, 1.807) is 23.5 Å². The minimum absolute atomic E-state index is 0. The average Bonchev–Trinajstić information content (AvgIpc) is 2.47. The lowest BCUT2D eigenvalue weighted by molar-refractivity contribution is 0.296. The van der Waals surface area contributed by atoms with Gasteiger partial charge in [-0.05, 0) is 50.0 Å². The zero-order chi connectivity index (χ0) is 13.9. The van der Waals surface area contributed by atoms with Crippen molar-refractivity contribution < 1.29 is 8.42 Å². The lowest BCUT2D eigenvalue weighted by Crippen LogP contribution is -2.43. The Hall–Kier alpha value is -0.620. The monoisotopic (exact) mass is 318 g/mol. The second kappa shape index (κ2) is 7.41. The summed E-state index contributed by atoms with van der Waals surface area (Å²) in [6.45, 7) is 3.81. The molecule has 114 valence electrons. The predicted molar refractivity (Wildman–Crippen MR) is 83.9 cm³/mol. The van der Waals surface area contributed by atoms with E-state index in [2.05, 4.69) is 5.32 Å². The quantitative estimate of drug-likeness (QED) is 0.924. The summed E-state index contributed by atoms with van der Waals surface area (Å²) in [7, 11) is -1.67. The van der Waals surface area contributed by atoms with Crippen LogP contribution in [0, 0.1) is 0 Å². The van der Waals surface area contributed by atoms with Crippen molar-refractivity contribution in [2.24, 2.45) is 0 Å². The molecule has 2 rings (SSSR count). The maximum absolute atomic E-state index is 12.6. The Morgan fingerprint density at radius 2 is 1.95 bits per heavy atom. The summed E-state index contributed by atoms with van der Waals surface area (Å²) in [6.07, 6.45) is 2.60. The van der Waals surface area contributed by atoms with Crippen molar-refractivity contribution in [2.75, 3.05) is 20.1 Å². The van der Waals surface area contributed by atoms with Gasteiger partial charge in [0.05, 0.1) is 4.90 Å². The summed E-state index contributed by atoms with van der Waals surface area (Å²) in [5.74, 6) is 0. The fourth-order valence-electron chi connectivity index (χ4n) is 2.46. The number of nitrogens with zero attached hydrogens (tertiary/aromatic N) is 1. The van der Waals surface area contributed by atoms with Crippen LogP contribution in [0.4, 0.5) is 0 Å². The number of nitrogens with one attached hydrogen (secondary N) is 1. The van der Waals surface area contributed by atoms with Crippen molar-refractivity contribution in [3.05, 3.63) is 29.8 Å². The molecular weight excluding hydrogens is 296 g/mol. The van der Waals surface area contributed by atoms with Gasteiger partial charge in [0, 0.05) is 13.1 Å². The first kappa shape index (κ1) is 17.4. The summed E-state index contributed by atoms with van der Waals surface area (Å²) in [6, 6.07) is 7.36. The lowest BCUT2D eigenvalue weighted by Gasteiger charge is -2.30. The van der Waals surface area contributed by atoms with E-state index < -0.39 is 10.0 Å². The zero-order valence-corrected chi connectivity index (χ0v) is 13.6. The van der Waals surface area contributed by atoms with Crippen molar-refractivity contribution >= 4 is 22.4 Å². The molecule has 1 aliphatic rings. The van der Waals surface area contributed by atoms with Crippen LogP contribution in [0.2, 0.25) is 0 Å². The Balaban J connectivity index is 0.00000200. The van der Waals surface area contributed by atoms with Gasteiger partial charge in [0.2, 0.25) is 10.0 Å². The van der Waals surface area contributed by atoms with E-state index in [0.29, 0.717) is 4.90 Å². The zero-order valence-electron chi connectivity index (χ0n) is 12.0. The molecule has 0 aliphatic carbocycles. The minimum Gasteiger partial charge on any atom is -0.317 e. The van der Waals surface area contributed by atoms with Crippen molar-refractivity contribution in [2.45, 2.75) is 37.1 Å². The molecule has 1 heterocycles. The molecule has 1 N–H and O–H groups in total. The van der Waals surface area contributed by atoms with Gasteiger partial charge in [-0.15, -0.1) is 12.4 Å². The van der Waals surface area contributed by atoms with E-state index in [9.17, 15) is 8.42 Å². The van der Waals surface area contributed by atoms with E-state index >= 15 is 0 Å². The van der Waals surface area contributed by atoms with Gasteiger partial charge >= 0.3 is 0 Å². The molecule has 4 nitrogen and oxygen atoms in total. The van der Waals surface area contributed by atoms with Gasteiger partial charge < -0.3 is 5.32 Å². The van der Waals surface area contributed by atoms with E-state index in [1.165, 1.54) is 0 Å². The highest BCUT2D eigenvalue weighted by Crippen LogP contribution is 2.21. The van der Waals surface area contributed by atoms with E-state index in [0.717, 1.165) is 37.9 Å². The average molecular weight is 319 g/mol. The number of benzene rings is 1. The molecule has 1 aromatic carbocycles. The summed E-state index contributed by atoms with van der Waals surface area (Å²) < 4.78 is 26.8.